The van der Waals surface area contributed by atoms with Crippen molar-refractivity contribution in [3.63, 3.8) is 0 Å². The molecule has 1 aliphatic heterocycles. The number of benzene rings is 2. The molecule has 3 nitrogen and oxygen atoms in total. The molecule has 1 saturated heterocycles. The van der Waals surface area contributed by atoms with E-state index in [0.717, 1.165) is 25.0 Å². The summed E-state index contributed by atoms with van der Waals surface area (Å²) in [6.45, 7) is 10.8. The molecule has 31 heavy (non-hydrogen) atoms. The highest BCUT2D eigenvalue weighted by atomic mass is 15.1. The van der Waals surface area contributed by atoms with Crippen LogP contribution in [-0.2, 0) is 12.8 Å². The van der Waals surface area contributed by atoms with Gasteiger partial charge in [0.05, 0.1) is 5.52 Å². The first kappa shape index (κ1) is 23.4. The number of nitrogens with one attached hydrogen (secondary N) is 1. The quantitative estimate of drug-likeness (QED) is 0.470. The van der Waals surface area contributed by atoms with E-state index >= 15 is 0 Å². The summed E-state index contributed by atoms with van der Waals surface area (Å²) in [5.74, 6) is 0. The molecule has 3 heteroatoms. The first-order valence-electron chi connectivity index (χ1n) is 12.1. The molecule has 1 aromatic heterocycles. The molecule has 0 radical (unpaired) electrons. The number of aryl methyl sites for hydroxylation is 2. The number of likely N-dealkylation sites (tertiary alicyclic amines) is 1. The van der Waals surface area contributed by atoms with Gasteiger partial charge in [-0.15, -0.1) is 0 Å². The molecule has 0 amide bonds. The molecule has 1 fully saturated rings. The number of aromatic nitrogens is 1. The Hall–Kier alpha value is -2.23. The molecule has 166 valence electrons. The summed E-state index contributed by atoms with van der Waals surface area (Å²) in [5, 5.41) is 5.10. The fraction of sp³-hybridized carbons (Fsp3) is 0.464. The molecule has 0 unspecified atom stereocenters. The minimum absolute atomic E-state index is 0.687. The zero-order chi connectivity index (χ0) is 21.9. The Balaban J connectivity index is 0.00000132. The second-order valence-electron chi connectivity index (χ2n) is 8.41. The van der Waals surface area contributed by atoms with Gasteiger partial charge in [0.2, 0.25) is 0 Å². The fourth-order valence-electron chi connectivity index (χ4n) is 4.42. The van der Waals surface area contributed by atoms with E-state index in [1.54, 1.807) is 0 Å². The van der Waals surface area contributed by atoms with Crippen molar-refractivity contribution in [2.75, 3.05) is 26.2 Å². The largest absolute Gasteiger partial charge is 0.314 e. The summed E-state index contributed by atoms with van der Waals surface area (Å²) < 4.78 is 0. The van der Waals surface area contributed by atoms with Gasteiger partial charge in [-0.05, 0) is 87.5 Å². The number of piperidine rings is 1. The van der Waals surface area contributed by atoms with Gasteiger partial charge in [0.25, 0.3) is 0 Å². The first-order valence-corrected chi connectivity index (χ1v) is 12.1. The van der Waals surface area contributed by atoms with Gasteiger partial charge in [-0.25, -0.2) is 0 Å². The molecule has 0 bridgehead atoms. The molecule has 1 N–H and O–H groups in total. The minimum Gasteiger partial charge on any atom is -0.314 e. The van der Waals surface area contributed by atoms with Crippen molar-refractivity contribution < 1.29 is 0 Å². The molecule has 2 aromatic carbocycles. The Kier molecular flexibility index (Phi) is 9.51. The third kappa shape index (κ3) is 7.15. The lowest BCUT2D eigenvalue weighted by Gasteiger charge is -2.32. The Morgan fingerprint density at radius 1 is 0.968 bits per heavy atom. The molecule has 1 aliphatic rings. The summed E-state index contributed by atoms with van der Waals surface area (Å²) in [6.07, 6.45) is 8.00. The van der Waals surface area contributed by atoms with Crippen LogP contribution in [0.25, 0.3) is 10.9 Å². The van der Waals surface area contributed by atoms with Crippen molar-refractivity contribution in [1.29, 1.82) is 0 Å². The maximum absolute atomic E-state index is 4.58. The van der Waals surface area contributed by atoms with Gasteiger partial charge in [-0.1, -0.05) is 56.3 Å². The lowest BCUT2D eigenvalue weighted by Crippen LogP contribution is -2.43. The van der Waals surface area contributed by atoms with Gasteiger partial charge >= 0.3 is 0 Å². The lowest BCUT2D eigenvalue weighted by atomic mass is 10.0. The van der Waals surface area contributed by atoms with E-state index < -0.39 is 0 Å². The smallest absolute Gasteiger partial charge is 0.0704 e. The number of hydrogen-bond donors (Lipinski definition) is 1. The molecule has 2 heterocycles. The van der Waals surface area contributed by atoms with Crippen molar-refractivity contribution in [2.45, 2.75) is 58.9 Å². The average molecular weight is 418 g/mol. The van der Waals surface area contributed by atoms with Crippen molar-refractivity contribution in [1.82, 2.24) is 15.2 Å². The summed E-state index contributed by atoms with van der Waals surface area (Å²) in [7, 11) is 0. The molecule has 0 saturated carbocycles. The number of hydrogen-bond acceptors (Lipinski definition) is 3. The van der Waals surface area contributed by atoms with Crippen molar-refractivity contribution >= 4 is 10.9 Å². The summed E-state index contributed by atoms with van der Waals surface area (Å²) in [5.41, 5.74) is 5.23. The molecule has 4 rings (SSSR count). The van der Waals surface area contributed by atoms with Crippen LogP contribution in [0.1, 0.15) is 49.8 Å². The second kappa shape index (κ2) is 12.6. The van der Waals surface area contributed by atoms with Gasteiger partial charge in [0.1, 0.15) is 0 Å². The standard InChI is InChI=1S/C26H33N3.C2H6/c1-21-19-25-23(10-5-11-26(25)28-20-21)12-16-29-17-13-24(14-18-29)27-15-6-9-22-7-3-2-4-8-22;1-2/h2-5,7-8,10-11,19-20,24,27H,6,9,12-18H2,1H3;1-2H3. The first-order chi connectivity index (χ1) is 15.3. The van der Waals surface area contributed by atoms with E-state index in [1.807, 2.05) is 20.0 Å². The Morgan fingerprint density at radius 2 is 1.74 bits per heavy atom. The highest BCUT2D eigenvalue weighted by molar-refractivity contribution is 5.82. The Bertz CT molecular complexity index is 899. The van der Waals surface area contributed by atoms with Crippen molar-refractivity contribution in [3.05, 3.63) is 77.5 Å². The van der Waals surface area contributed by atoms with Crippen molar-refractivity contribution in [3.8, 4) is 0 Å². The van der Waals surface area contributed by atoms with Crippen LogP contribution in [-0.4, -0.2) is 42.1 Å². The van der Waals surface area contributed by atoms with Crippen LogP contribution < -0.4 is 5.32 Å². The fourth-order valence-corrected chi connectivity index (χ4v) is 4.42. The Morgan fingerprint density at radius 3 is 2.52 bits per heavy atom. The molecule has 0 aliphatic carbocycles. The van der Waals surface area contributed by atoms with Gasteiger partial charge in [-0.3, -0.25) is 4.98 Å². The van der Waals surface area contributed by atoms with Crippen LogP contribution in [0.3, 0.4) is 0 Å². The highest BCUT2D eigenvalue weighted by Gasteiger charge is 2.18. The number of nitrogens with zero attached hydrogens (tertiary/aromatic N) is 2. The second-order valence-corrected chi connectivity index (χ2v) is 8.41. The minimum atomic E-state index is 0.687. The zero-order valence-corrected chi connectivity index (χ0v) is 19.6. The third-order valence-electron chi connectivity index (χ3n) is 6.16. The predicted octanol–water partition coefficient (Wildman–Crippen LogP) is 5.80. The van der Waals surface area contributed by atoms with E-state index in [0.29, 0.717) is 6.04 Å². The van der Waals surface area contributed by atoms with Crippen LogP contribution in [0, 0.1) is 6.92 Å². The third-order valence-corrected chi connectivity index (χ3v) is 6.16. The monoisotopic (exact) mass is 417 g/mol. The molecular formula is C28H39N3. The predicted molar refractivity (Wildman–Crippen MR) is 134 cm³/mol. The molecular weight excluding hydrogens is 378 g/mol. The van der Waals surface area contributed by atoms with E-state index in [2.05, 4.69) is 76.7 Å². The summed E-state index contributed by atoms with van der Waals surface area (Å²) >= 11 is 0. The van der Waals surface area contributed by atoms with Crippen LogP contribution in [0.4, 0.5) is 0 Å². The van der Waals surface area contributed by atoms with Crippen LogP contribution in [0.2, 0.25) is 0 Å². The van der Waals surface area contributed by atoms with E-state index in [-0.39, 0.29) is 0 Å². The number of pyridine rings is 1. The topological polar surface area (TPSA) is 28.2 Å². The van der Waals surface area contributed by atoms with E-state index in [1.165, 1.54) is 60.8 Å². The maximum atomic E-state index is 4.58. The zero-order valence-electron chi connectivity index (χ0n) is 19.6. The molecule has 0 atom stereocenters. The SMILES string of the molecule is CC.Cc1cnc2cccc(CCN3CCC(NCCCc4ccccc4)CC3)c2c1. The summed E-state index contributed by atoms with van der Waals surface area (Å²) in [6, 6.07) is 20.3. The van der Waals surface area contributed by atoms with Gasteiger partial charge in [0, 0.05) is 24.2 Å². The highest BCUT2D eigenvalue weighted by Crippen LogP contribution is 2.20. The van der Waals surface area contributed by atoms with Gasteiger partial charge < -0.3 is 10.2 Å². The van der Waals surface area contributed by atoms with Crippen LogP contribution in [0.15, 0.2) is 60.8 Å². The Labute approximate surface area is 188 Å². The van der Waals surface area contributed by atoms with Crippen LogP contribution >= 0.6 is 0 Å². The molecule has 0 spiro atoms. The average Bonchev–Trinajstić information content (AvgIpc) is 2.83. The molecule has 3 aromatic rings. The van der Waals surface area contributed by atoms with E-state index in [9.17, 15) is 0 Å². The van der Waals surface area contributed by atoms with Crippen molar-refractivity contribution in [2.24, 2.45) is 0 Å². The summed E-state index contributed by atoms with van der Waals surface area (Å²) in [4.78, 5) is 7.21. The number of rotatable bonds is 8. The van der Waals surface area contributed by atoms with Gasteiger partial charge in [0.15, 0.2) is 0 Å². The maximum Gasteiger partial charge on any atom is 0.0704 e. The lowest BCUT2D eigenvalue weighted by molar-refractivity contribution is 0.200. The van der Waals surface area contributed by atoms with E-state index in [4.69, 9.17) is 0 Å². The number of fused-ring (bicyclic) bond motifs is 1. The van der Waals surface area contributed by atoms with Crippen LogP contribution in [0.5, 0.6) is 0 Å². The normalized spacial score (nSPS) is 14.9. The van der Waals surface area contributed by atoms with Gasteiger partial charge in [-0.2, -0.15) is 0 Å².